The first kappa shape index (κ1) is 18.2. The third-order valence-corrected chi connectivity index (χ3v) is 4.45. The van der Waals surface area contributed by atoms with Gasteiger partial charge < -0.3 is 10.1 Å². The first-order chi connectivity index (χ1) is 10.3. The number of urea groups is 1. The van der Waals surface area contributed by atoms with Crippen LogP contribution in [0.1, 0.15) is 13.8 Å². The summed E-state index contributed by atoms with van der Waals surface area (Å²) >= 11 is 0. The standard InChI is InChI=1S/C14H23N3O4S/c1-5-15-14(18)17(3)13-8-6-7-12(9-13)16-22(19,20)10-11(2)21-4/h6-9,11,16H,5,10H2,1-4H3,(H,15,18)/t11-/m1/s1. The number of nitrogens with one attached hydrogen (secondary N) is 2. The first-order valence-corrected chi connectivity index (χ1v) is 8.59. The van der Waals surface area contributed by atoms with E-state index in [1.54, 1.807) is 38.2 Å². The van der Waals surface area contributed by atoms with Crippen molar-refractivity contribution in [1.82, 2.24) is 5.32 Å². The zero-order valence-electron chi connectivity index (χ0n) is 13.3. The van der Waals surface area contributed by atoms with E-state index in [-0.39, 0.29) is 11.8 Å². The van der Waals surface area contributed by atoms with Crippen LogP contribution in [0.5, 0.6) is 0 Å². The Labute approximate surface area is 131 Å². The van der Waals surface area contributed by atoms with Crippen molar-refractivity contribution in [2.75, 3.05) is 36.1 Å². The van der Waals surface area contributed by atoms with Crippen LogP contribution in [0, 0.1) is 0 Å². The predicted molar refractivity (Wildman–Crippen MR) is 87.8 cm³/mol. The highest BCUT2D eigenvalue weighted by Gasteiger charge is 2.16. The van der Waals surface area contributed by atoms with Crippen LogP contribution >= 0.6 is 0 Å². The quantitative estimate of drug-likeness (QED) is 0.796. The van der Waals surface area contributed by atoms with Crippen LogP contribution in [0.2, 0.25) is 0 Å². The molecule has 0 aliphatic rings. The number of hydrogen-bond acceptors (Lipinski definition) is 4. The average molecular weight is 329 g/mol. The summed E-state index contributed by atoms with van der Waals surface area (Å²) in [5, 5.41) is 2.68. The van der Waals surface area contributed by atoms with Crippen molar-refractivity contribution >= 4 is 27.4 Å². The summed E-state index contributed by atoms with van der Waals surface area (Å²) < 4.78 is 31.5. The zero-order valence-corrected chi connectivity index (χ0v) is 14.1. The van der Waals surface area contributed by atoms with E-state index in [4.69, 9.17) is 4.74 Å². The topological polar surface area (TPSA) is 87.7 Å². The van der Waals surface area contributed by atoms with Crippen molar-refractivity contribution in [2.45, 2.75) is 20.0 Å². The van der Waals surface area contributed by atoms with Crippen molar-refractivity contribution in [3.63, 3.8) is 0 Å². The highest BCUT2D eigenvalue weighted by atomic mass is 32.2. The van der Waals surface area contributed by atoms with Gasteiger partial charge in [0.2, 0.25) is 10.0 Å². The normalized spacial score (nSPS) is 12.5. The Bertz CT molecular complexity index is 604. The zero-order chi connectivity index (χ0) is 16.8. The summed E-state index contributed by atoms with van der Waals surface area (Å²) in [6.45, 7) is 4.02. The van der Waals surface area contributed by atoms with Gasteiger partial charge in [0.25, 0.3) is 0 Å². The highest BCUT2D eigenvalue weighted by Crippen LogP contribution is 2.19. The Balaban J connectivity index is 2.86. The predicted octanol–water partition coefficient (Wildman–Crippen LogP) is 1.63. The van der Waals surface area contributed by atoms with Gasteiger partial charge in [0, 0.05) is 26.4 Å². The van der Waals surface area contributed by atoms with Crippen molar-refractivity contribution in [1.29, 1.82) is 0 Å². The highest BCUT2D eigenvalue weighted by molar-refractivity contribution is 7.92. The summed E-state index contributed by atoms with van der Waals surface area (Å²) in [5.41, 5.74) is 0.989. The Hall–Kier alpha value is -1.80. The number of hydrogen-bond donors (Lipinski definition) is 2. The number of amides is 2. The van der Waals surface area contributed by atoms with E-state index in [1.807, 2.05) is 6.92 Å². The van der Waals surface area contributed by atoms with Crippen LogP contribution in [0.3, 0.4) is 0 Å². The molecular formula is C14H23N3O4S. The lowest BCUT2D eigenvalue weighted by Crippen LogP contribution is -2.37. The summed E-state index contributed by atoms with van der Waals surface area (Å²) in [6, 6.07) is 6.39. The Morgan fingerprint density at radius 2 is 2.09 bits per heavy atom. The summed E-state index contributed by atoms with van der Waals surface area (Å²) in [4.78, 5) is 13.2. The van der Waals surface area contributed by atoms with Crippen LogP contribution in [-0.2, 0) is 14.8 Å². The van der Waals surface area contributed by atoms with Crippen molar-refractivity contribution in [3.05, 3.63) is 24.3 Å². The maximum absolute atomic E-state index is 12.0. The number of ether oxygens (including phenoxy) is 1. The smallest absolute Gasteiger partial charge is 0.321 e. The molecule has 0 unspecified atom stereocenters. The van der Waals surface area contributed by atoms with Gasteiger partial charge in [0.15, 0.2) is 0 Å². The fourth-order valence-electron chi connectivity index (χ4n) is 1.76. The van der Waals surface area contributed by atoms with Crippen LogP contribution in [0.4, 0.5) is 16.2 Å². The Kier molecular flexibility index (Phi) is 6.63. The summed E-state index contributed by atoms with van der Waals surface area (Å²) in [6.07, 6.45) is -0.404. The van der Waals surface area contributed by atoms with E-state index < -0.39 is 16.1 Å². The van der Waals surface area contributed by atoms with Gasteiger partial charge >= 0.3 is 6.03 Å². The molecule has 0 heterocycles. The average Bonchev–Trinajstić information content (AvgIpc) is 2.45. The van der Waals surface area contributed by atoms with Gasteiger partial charge in [-0.1, -0.05) is 6.07 Å². The molecule has 124 valence electrons. The van der Waals surface area contributed by atoms with Crippen LogP contribution < -0.4 is 14.9 Å². The third kappa shape index (κ3) is 5.53. The maximum Gasteiger partial charge on any atom is 0.321 e. The molecular weight excluding hydrogens is 306 g/mol. The van der Waals surface area contributed by atoms with Gasteiger partial charge in [0.1, 0.15) is 0 Å². The van der Waals surface area contributed by atoms with E-state index >= 15 is 0 Å². The number of carbonyl (C=O) groups is 1. The van der Waals surface area contributed by atoms with Gasteiger partial charge in [-0.2, -0.15) is 0 Å². The van der Waals surface area contributed by atoms with Gasteiger partial charge in [-0.15, -0.1) is 0 Å². The minimum absolute atomic E-state index is 0.139. The molecule has 1 rings (SSSR count). The second kappa shape index (κ2) is 8.00. The van der Waals surface area contributed by atoms with Crippen LogP contribution in [0.15, 0.2) is 24.3 Å². The van der Waals surface area contributed by atoms with Gasteiger partial charge in [0.05, 0.1) is 17.5 Å². The summed E-state index contributed by atoms with van der Waals surface area (Å²) in [7, 11) is -0.436. The van der Waals surface area contributed by atoms with E-state index in [9.17, 15) is 13.2 Å². The molecule has 0 spiro atoms. The molecule has 0 aliphatic heterocycles. The minimum Gasteiger partial charge on any atom is -0.381 e. The fourth-order valence-corrected chi connectivity index (χ4v) is 3.09. The number of anilines is 2. The van der Waals surface area contributed by atoms with Crippen LogP contribution in [-0.4, -0.2) is 47.0 Å². The largest absolute Gasteiger partial charge is 0.381 e. The second-order valence-electron chi connectivity index (χ2n) is 4.87. The molecule has 2 amide bonds. The van der Waals surface area contributed by atoms with Gasteiger partial charge in [-0.25, -0.2) is 13.2 Å². The molecule has 0 saturated heterocycles. The van der Waals surface area contributed by atoms with Crippen molar-refractivity contribution < 1.29 is 17.9 Å². The van der Waals surface area contributed by atoms with Crippen LogP contribution in [0.25, 0.3) is 0 Å². The lowest BCUT2D eigenvalue weighted by atomic mass is 10.2. The Morgan fingerprint density at radius 1 is 1.41 bits per heavy atom. The minimum atomic E-state index is -3.51. The first-order valence-electron chi connectivity index (χ1n) is 6.94. The van der Waals surface area contributed by atoms with Crippen molar-refractivity contribution in [2.24, 2.45) is 0 Å². The molecule has 22 heavy (non-hydrogen) atoms. The van der Waals surface area contributed by atoms with E-state index in [2.05, 4.69) is 10.0 Å². The maximum atomic E-state index is 12.0. The lowest BCUT2D eigenvalue weighted by molar-refractivity contribution is 0.136. The molecule has 0 radical (unpaired) electrons. The molecule has 0 aromatic heterocycles. The van der Waals surface area contributed by atoms with E-state index in [0.717, 1.165) is 0 Å². The Morgan fingerprint density at radius 3 is 2.68 bits per heavy atom. The molecule has 2 N–H and O–H groups in total. The second-order valence-corrected chi connectivity index (χ2v) is 6.64. The molecule has 1 aromatic carbocycles. The third-order valence-electron chi connectivity index (χ3n) is 3.00. The molecule has 1 aromatic rings. The molecule has 0 bridgehead atoms. The molecule has 0 aliphatic carbocycles. The molecule has 0 fully saturated rings. The van der Waals surface area contributed by atoms with Gasteiger partial charge in [-0.3, -0.25) is 9.62 Å². The SMILES string of the molecule is CCNC(=O)N(C)c1cccc(NS(=O)(=O)C[C@@H](C)OC)c1. The van der Waals surface area contributed by atoms with Crippen molar-refractivity contribution in [3.8, 4) is 0 Å². The van der Waals surface area contributed by atoms with Gasteiger partial charge in [-0.05, 0) is 32.0 Å². The number of benzene rings is 1. The monoisotopic (exact) mass is 329 g/mol. The molecule has 1 atom stereocenters. The number of rotatable bonds is 7. The van der Waals surface area contributed by atoms with E-state index in [1.165, 1.54) is 12.0 Å². The van der Waals surface area contributed by atoms with E-state index in [0.29, 0.717) is 17.9 Å². The number of methoxy groups -OCH3 is 1. The molecule has 0 saturated carbocycles. The lowest BCUT2D eigenvalue weighted by Gasteiger charge is -2.19. The number of sulfonamides is 1. The summed E-state index contributed by atoms with van der Waals surface area (Å²) in [5.74, 6) is -0.139. The fraction of sp³-hybridized carbons (Fsp3) is 0.500. The number of nitrogens with zero attached hydrogens (tertiary/aromatic N) is 1. The number of carbonyl (C=O) groups excluding carboxylic acids is 1. The molecule has 7 nitrogen and oxygen atoms in total. The molecule has 8 heteroatoms.